The van der Waals surface area contributed by atoms with Crippen LogP contribution in [0, 0.1) is 0 Å². The van der Waals surface area contributed by atoms with Gasteiger partial charge in [-0.1, -0.05) is 39.7 Å². The van der Waals surface area contributed by atoms with Gasteiger partial charge >= 0.3 is 0 Å². The Labute approximate surface area is 169 Å². The molecular weight excluding hydrogens is 432 g/mol. The van der Waals surface area contributed by atoms with Gasteiger partial charge in [-0.3, -0.25) is 14.6 Å². The van der Waals surface area contributed by atoms with Gasteiger partial charge in [0.25, 0.3) is 5.91 Å². The van der Waals surface area contributed by atoms with E-state index in [0.29, 0.717) is 27.0 Å². The maximum atomic E-state index is 12.6. The van der Waals surface area contributed by atoms with Gasteiger partial charge in [-0.25, -0.2) is 0 Å². The first-order valence-corrected chi connectivity index (χ1v) is 9.13. The molecular formula is C20H14BrClN2O3. The van der Waals surface area contributed by atoms with E-state index in [1.807, 2.05) is 6.07 Å². The number of nitrogens with one attached hydrogen (secondary N) is 1. The van der Waals surface area contributed by atoms with Crippen molar-refractivity contribution in [1.82, 2.24) is 4.98 Å². The number of rotatable bonds is 6. The van der Waals surface area contributed by atoms with Crippen molar-refractivity contribution < 1.29 is 14.3 Å². The van der Waals surface area contributed by atoms with Crippen LogP contribution in [0.25, 0.3) is 0 Å². The third-order valence-electron chi connectivity index (χ3n) is 3.62. The smallest absolute Gasteiger partial charge is 0.262 e. The fourth-order valence-corrected chi connectivity index (χ4v) is 3.04. The van der Waals surface area contributed by atoms with Crippen molar-refractivity contribution in [1.29, 1.82) is 0 Å². The first-order valence-electron chi connectivity index (χ1n) is 7.96. The summed E-state index contributed by atoms with van der Waals surface area (Å²) in [5, 5.41) is 2.91. The van der Waals surface area contributed by atoms with Gasteiger partial charge in [0.05, 0.1) is 16.9 Å². The predicted molar refractivity (Wildman–Crippen MR) is 107 cm³/mol. The molecule has 5 nitrogen and oxygen atoms in total. The second-order valence-electron chi connectivity index (χ2n) is 5.53. The highest BCUT2D eigenvalue weighted by Crippen LogP contribution is 2.28. The van der Waals surface area contributed by atoms with Crippen molar-refractivity contribution in [3.63, 3.8) is 0 Å². The number of anilines is 1. The molecule has 136 valence electrons. The highest BCUT2D eigenvalue weighted by Gasteiger charge is 2.14. The monoisotopic (exact) mass is 444 g/mol. The van der Waals surface area contributed by atoms with E-state index in [2.05, 4.69) is 26.2 Å². The maximum Gasteiger partial charge on any atom is 0.262 e. The molecule has 2 aromatic carbocycles. The van der Waals surface area contributed by atoms with E-state index >= 15 is 0 Å². The third kappa shape index (κ3) is 4.93. The van der Waals surface area contributed by atoms with Gasteiger partial charge in [0.1, 0.15) is 5.75 Å². The number of carbonyl (C=O) groups excluding carboxylic acids is 2. The normalized spacial score (nSPS) is 10.3. The number of carbonyl (C=O) groups is 2. The van der Waals surface area contributed by atoms with Crippen LogP contribution in [-0.4, -0.2) is 23.3 Å². The molecule has 1 aromatic heterocycles. The number of halogens is 2. The number of hydrogen-bond acceptors (Lipinski definition) is 4. The molecule has 0 spiro atoms. The van der Waals surface area contributed by atoms with E-state index in [4.69, 9.17) is 16.3 Å². The van der Waals surface area contributed by atoms with E-state index in [0.717, 1.165) is 0 Å². The summed E-state index contributed by atoms with van der Waals surface area (Å²) in [6, 6.07) is 15.3. The fourth-order valence-electron chi connectivity index (χ4n) is 2.34. The molecule has 27 heavy (non-hydrogen) atoms. The molecule has 0 fully saturated rings. The molecule has 7 heteroatoms. The van der Waals surface area contributed by atoms with Crippen molar-refractivity contribution in [2.24, 2.45) is 0 Å². The van der Waals surface area contributed by atoms with Gasteiger partial charge in [0.2, 0.25) is 0 Å². The molecule has 0 unspecified atom stereocenters. The standard InChI is InChI=1S/C20H14BrClN2O3/c21-16-6-2-1-5-15(16)20(26)13-7-8-18(17(22)10-13)27-12-19(25)24-14-4-3-9-23-11-14/h1-11H,12H2,(H,24,25). The predicted octanol–water partition coefficient (Wildman–Crippen LogP) is 4.75. The Bertz CT molecular complexity index is 980. The Morgan fingerprint density at radius 3 is 2.63 bits per heavy atom. The van der Waals surface area contributed by atoms with Crippen LogP contribution in [0.1, 0.15) is 15.9 Å². The summed E-state index contributed by atoms with van der Waals surface area (Å²) in [7, 11) is 0. The number of nitrogens with zero attached hydrogens (tertiary/aromatic N) is 1. The lowest BCUT2D eigenvalue weighted by molar-refractivity contribution is -0.118. The lowest BCUT2D eigenvalue weighted by Crippen LogP contribution is -2.20. The highest BCUT2D eigenvalue weighted by molar-refractivity contribution is 9.10. The summed E-state index contributed by atoms with van der Waals surface area (Å²) in [5.41, 5.74) is 1.55. The molecule has 0 saturated carbocycles. The Morgan fingerprint density at radius 1 is 1.11 bits per heavy atom. The van der Waals surface area contributed by atoms with E-state index in [9.17, 15) is 9.59 Å². The number of ketones is 1. The van der Waals surface area contributed by atoms with Gasteiger partial charge in [-0.2, -0.15) is 0 Å². The SMILES string of the molecule is O=C(COc1ccc(C(=O)c2ccccc2Br)cc1Cl)Nc1cccnc1. The van der Waals surface area contributed by atoms with Crippen molar-refractivity contribution in [2.45, 2.75) is 0 Å². The average molecular weight is 446 g/mol. The number of amides is 1. The number of aromatic nitrogens is 1. The first-order chi connectivity index (χ1) is 13.0. The van der Waals surface area contributed by atoms with E-state index in [1.165, 1.54) is 12.3 Å². The van der Waals surface area contributed by atoms with E-state index < -0.39 is 0 Å². The number of pyridine rings is 1. The van der Waals surface area contributed by atoms with Crippen LogP contribution in [0.5, 0.6) is 5.75 Å². The molecule has 0 aliphatic carbocycles. The topological polar surface area (TPSA) is 68.3 Å². The molecule has 0 aliphatic heterocycles. The lowest BCUT2D eigenvalue weighted by Gasteiger charge is -2.10. The average Bonchev–Trinajstić information content (AvgIpc) is 2.67. The Hall–Kier alpha value is -2.70. The van der Waals surface area contributed by atoms with Gasteiger partial charge in [0.15, 0.2) is 12.4 Å². The van der Waals surface area contributed by atoms with Crippen LogP contribution in [-0.2, 0) is 4.79 Å². The quantitative estimate of drug-likeness (QED) is 0.556. The Morgan fingerprint density at radius 2 is 1.93 bits per heavy atom. The van der Waals surface area contributed by atoms with Crippen molar-refractivity contribution in [3.05, 3.63) is 87.6 Å². The Balaban J connectivity index is 1.65. The largest absolute Gasteiger partial charge is 0.482 e. The first kappa shape index (κ1) is 19.1. The van der Waals surface area contributed by atoms with E-state index in [1.54, 1.807) is 48.7 Å². The van der Waals surface area contributed by atoms with Crippen LogP contribution in [0.2, 0.25) is 5.02 Å². The molecule has 1 heterocycles. The molecule has 1 amide bonds. The molecule has 0 aliphatic rings. The summed E-state index contributed by atoms with van der Waals surface area (Å²) in [5.74, 6) is -0.181. The highest BCUT2D eigenvalue weighted by atomic mass is 79.9. The van der Waals surface area contributed by atoms with E-state index in [-0.39, 0.29) is 23.3 Å². The Kier molecular flexibility index (Phi) is 6.21. The molecule has 0 atom stereocenters. The van der Waals surface area contributed by atoms with Crippen molar-refractivity contribution >= 4 is 44.9 Å². The molecule has 0 saturated heterocycles. The second kappa shape index (κ2) is 8.79. The zero-order valence-corrected chi connectivity index (χ0v) is 16.3. The maximum absolute atomic E-state index is 12.6. The molecule has 3 aromatic rings. The zero-order valence-electron chi connectivity index (χ0n) is 14.0. The molecule has 1 N–H and O–H groups in total. The van der Waals surface area contributed by atoms with Crippen molar-refractivity contribution in [2.75, 3.05) is 11.9 Å². The van der Waals surface area contributed by atoms with Crippen LogP contribution >= 0.6 is 27.5 Å². The minimum atomic E-state index is -0.340. The van der Waals surface area contributed by atoms with Gasteiger partial charge in [-0.15, -0.1) is 0 Å². The summed E-state index contributed by atoms with van der Waals surface area (Å²) in [4.78, 5) is 28.4. The van der Waals surface area contributed by atoms with Crippen LogP contribution in [0.15, 0.2) is 71.5 Å². The minimum Gasteiger partial charge on any atom is -0.482 e. The molecule has 0 radical (unpaired) electrons. The van der Waals surface area contributed by atoms with Crippen LogP contribution < -0.4 is 10.1 Å². The second-order valence-corrected chi connectivity index (χ2v) is 6.79. The summed E-state index contributed by atoms with van der Waals surface area (Å²) in [6.07, 6.45) is 3.15. The summed E-state index contributed by atoms with van der Waals surface area (Å²) >= 11 is 9.58. The van der Waals surface area contributed by atoms with Crippen LogP contribution in [0.3, 0.4) is 0 Å². The summed E-state index contributed by atoms with van der Waals surface area (Å²) < 4.78 is 6.16. The zero-order chi connectivity index (χ0) is 19.2. The molecule has 0 bridgehead atoms. The minimum absolute atomic E-state index is 0.162. The van der Waals surface area contributed by atoms with Gasteiger partial charge < -0.3 is 10.1 Å². The number of benzene rings is 2. The third-order valence-corrected chi connectivity index (χ3v) is 4.60. The lowest BCUT2D eigenvalue weighted by atomic mass is 10.0. The molecule has 3 rings (SSSR count). The number of ether oxygens (including phenoxy) is 1. The summed E-state index contributed by atoms with van der Waals surface area (Å²) in [6.45, 7) is -0.216. The van der Waals surface area contributed by atoms with Crippen LogP contribution in [0.4, 0.5) is 5.69 Å². The number of hydrogen-bond donors (Lipinski definition) is 1. The van der Waals surface area contributed by atoms with Gasteiger partial charge in [-0.05, 0) is 42.5 Å². The fraction of sp³-hybridized carbons (Fsp3) is 0.0500. The van der Waals surface area contributed by atoms with Crippen molar-refractivity contribution in [3.8, 4) is 5.75 Å². The van der Waals surface area contributed by atoms with Gasteiger partial charge in [0, 0.05) is 21.8 Å².